The van der Waals surface area contributed by atoms with E-state index < -0.39 is 15.4 Å². The fourth-order valence-electron chi connectivity index (χ4n) is 6.39. The van der Waals surface area contributed by atoms with E-state index in [1.54, 1.807) is 30.0 Å². The number of anilines is 1. The van der Waals surface area contributed by atoms with Gasteiger partial charge in [0.15, 0.2) is 6.54 Å². The third-order valence-corrected chi connectivity index (χ3v) is 13.6. The normalized spacial score (nSPS) is 14.6. The second-order valence-electron chi connectivity index (χ2n) is 12.9. The quantitative estimate of drug-likeness (QED) is 0.0367. The number of hydrogen-bond acceptors (Lipinski definition) is 9. The van der Waals surface area contributed by atoms with Gasteiger partial charge in [0.05, 0.1) is 28.0 Å². The molecule has 8 nitrogen and oxygen atoms in total. The molecule has 12 heteroatoms. The van der Waals surface area contributed by atoms with Gasteiger partial charge in [-0.15, -0.1) is 4.33 Å². The molecule has 1 unspecified atom stereocenters. The van der Waals surface area contributed by atoms with Crippen molar-refractivity contribution in [2.24, 2.45) is 0 Å². The first-order chi connectivity index (χ1) is 26.2. The number of fused-ring (bicyclic) bond motifs is 2. The highest BCUT2D eigenvalue weighted by atomic mass is 32.2. The molecule has 0 aliphatic carbocycles. The minimum atomic E-state index is -4.18. The van der Waals surface area contributed by atoms with Crippen LogP contribution >= 0.6 is 35.1 Å². The van der Waals surface area contributed by atoms with Crippen LogP contribution in [0.15, 0.2) is 148 Å². The Bertz CT molecular complexity index is 2430. The van der Waals surface area contributed by atoms with Crippen LogP contribution < -0.4 is 9.47 Å². The van der Waals surface area contributed by atoms with Gasteiger partial charge in [0.2, 0.25) is 5.52 Å². The lowest BCUT2D eigenvalue weighted by molar-refractivity contribution is -0.660. The fraction of sp³-hybridized carbons (Fsp3) is 0.167. The van der Waals surface area contributed by atoms with E-state index in [0.717, 1.165) is 87.6 Å². The van der Waals surface area contributed by atoms with E-state index in [-0.39, 0.29) is 6.42 Å². The van der Waals surface area contributed by atoms with Crippen molar-refractivity contribution in [3.8, 4) is 22.3 Å². The van der Waals surface area contributed by atoms with Gasteiger partial charge in [-0.2, -0.15) is 13.0 Å². The lowest BCUT2D eigenvalue weighted by Gasteiger charge is -2.22. The zero-order chi connectivity index (χ0) is 37.7. The minimum Gasteiger partial charge on any atom is -0.335 e. The molecule has 0 fully saturated rings. The second-order valence-corrected chi connectivity index (χ2v) is 17.6. The molecule has 0 radical (unpaired) electrons. The van der Waals surface area contributed by atoms with Gasteiger partial charge < -0.3 is 4.90 Å². The second kappa shape index (κ2) is 17.1. The maximum Gasteiger partial charge on any atom is 0.267 e. The largest absolute Gasteiger partial charge is 0.335 e. The Kier molecular flexibility index (Phi) is 12.0. The molecule has 276 valence electrons. The summed E-state index contributed by atoms with van der Waals surface area (Å²) in [4.78, 5) is 4.08. The van der Waals surface area contributed by atoms with Crippen molar-refractivity contribution in [2.45, 2.75) is 48.3 Å². The Balaban J connectivity index is 1.31. The monoisotopic (exact) mass is 795 g/mol. The Labute approximate surface area is 328 Å². The van der Waals surface area contributed by atoms with Gasteiger partial charge in [0.1, 0.15) is 4.70 Å². The maximum absolute atomic E-state index is 12.0. The van der Waals surface area contributed by atoms with E-state index in [4.69, 9.17) is 9.59 Å². The van der Waals surface area contributed by atoms with Crippen molar-refractivity contribution in [3.05, 3.63) is 149 Å². The zero-order valence-electron chi connectivity index (χ0n) is 29.7. The van der Waals surface area contributed by atoms with Crippen LogP contribution in [0.4, 0.5) is 5.69 Å². The number of allylic oxidation sites excluding steroid dienone is 2. The fourth-order valence-corrected chi connectivity index (χ4v) is 9.54. The van der Waals surface area contributed by atoms with E-state index >= 15 is 0 Å². The summed E-state index contributed by atoms with van der Waals surface area (Å²) in [6.45, 7) is 4.64. The molecule has 6 aromatic rings. The number of aromatic nitrogens is 1. The molecule has 1 aromatic heterocycles. The standard InChI is InChI=1S/C42H38N2O6S4/c1-3-30(24-41-43(23-22-29(2)54(46,47)48)36-26-33(18-20-39(36)51-41)31-12-6-4-7-13-31)25-42-44(28-35-16-10-11-17-38(35)53-50-49-45)37-27-34(19-21-40(37)52-42)32-14-8-5-9-15-32/h4-21,24-27,29H,3,22-23,28H2,1-2H3,(H-,45,46,47,48)/p+1. The van der Waals surface area contributed by atoms with Crippen LogP contribution in [0.3, 0.4) is 0 Å². The first-order valence-electron chi connectivity index (χ1n) is 17.5. The van der Waals surface area contributed by atoms with Crippen molar-refractivity contribution < 1.29 is 32.2 Å². The number of thioether (sulfide) groups is 1. The summed E-state index contributed by atoms with van der Waals surface area (Å²) in [5, 5.41) is 14.0. The van der Waals surface area contributed by atoms with E-state index in [0.29, 0.717) is 13.1 Å². The Hall–Kier alpha value is -4.24. The smallest absolute Gasteiger partial charge is 0.267 e. The molecule has 5 aromatic carbocycles. The summed E-state index contributed by atoms with van der Waals surface area (Å²) in [6.07, 6.45) is 5.45. The molecule has 0 spiro atoms. The van der Waals surface area contributed by atoms with Crippen molar-refractivity contribution >= 4 is 67.2 Å². The van der Waals surface area contributed by atoms with Gasteiger partial charge in [-0.3, -0.25) is 4.55 Å². The molecule has 2 N–H and O–H groups in total. The molecule has 0 amide bonds. The summed E-state index contributed by atoms with van der Waals surface area (Å²) < 4.78 is 42.1. The Morgan fingerprint density at radius 1 is 0.889 bits per heavy atom. The highest BCUT2D eigenvalue weighted by Crippen LogP contribution is 2.48. The molecule has 1 aliphatic rings. The molecule has 1 atom stereocenters. The number of thiazole rings is 1. The highest BCUT2D eigenvalue weighted by Gasteiger charge is 2.29. The third kappa shape index (κ3) is 8.67. The van der Waals surface area contributed by atoms with Gasteiger partial charge in [-0.05, 0) is 77.9 Å². The van der Waals surface area contributed by atoms with Crippen LogP contribution in [-0.4, -0.2) is 30.0 Å². The molecule has 0 saturated carbocycles. The molecular weight excluding hydrogens is 757 g/mol. The van der Waals surface area contributed by atoms with Crippen LogP contribution in [0.25, 0.3) is 38.5 Å². The molecule has 7 rings (SSSR count). The lowest BCUT2D eigenvalue weighted by Crippen LogP contribution is -2.36. The van der Waals surface area contributed by atoms with Crippen LogP contribution in [-0.2, 0) is 26.0 Å². The maximum atomic E-state index is 12.0. The van der Waals surface area contributed by atoms with Crippen LogP contribution in [0, 0.1) is 0 Å². The van der Waals surface area contributed by atoms with Crippen LogP contribution in [0.5, 0.6) is 0 Å². The van der Waals surface area contributed by atoms with Gasteiger partial charge in [-0.1, -0.05) is 126 Å². The van der Waals surface area contributed by atoms with Crippen molar-refractivity contribution in [1.82, 2.24) is 0 Å². The molecule has 2 heterocycles. The summed E-state index contributed by atoms with van der Waals surface area (Å²) in [6, 6.07) is 41.4. The van der Waals surface area contributed by atoms with Crippen LogP contribution in [0.2, 0.25) is 0 Å². The summed E-state index contributed by atoms with van der Waals surface area (Å²) >= 11 is 4.33. The van der Waals surface area contributed by atoms with E-state index in [9.17, 15) is 13.0 Å². The number of rotatable bonds is 14. The van der Waals surface area contributed by atoms with E-state index in [1.165, 1.54) is 0 Å². The van der Waals surface area contributed by atoms with Gasteiger partial charge in [0, 0.05) is 34.0 Å². The number of nitrogens with zero attached hydrogens (tertiary/aromatic N) is 2. The SMILES string of the molecule is CCC(=Cc1sc2ccc(-c3ccccc3)cc2[n+]1Cc1ccccc1SOOO)C=C1Sc2ccc(-c3ccccc3)cc2N1CCC(C)S(=O)(=O)O. The molecule has 54 heavy (non-hydrogen) atoms. The Morgan fingerprint density at radius 3 is 2.24 bits per heavy atom. The number of hydrogen-bond donors (Lipinski definition) is 2. The molecular formula is C42H39N2O6S4+. The van der Waals surface area contributed by atoms with Gasteiger partial charge in [-0.25, -0.2) is 5.26 Å². The zero-order valence-corrected chi connectivity index (χ0v) is 32.9. The summed E-state index contributed by atoms with van der Waals surface area (Å²) in [5.74, 6) is 0. The minimum absolute atomic E-state index is 0.263. The summed E-state index contributed by atoms with van der Waals surface area (Å²) in [7, 11) is -4.18. The third-order valence-electron chi connectivity index (χ3n) is 9.42. The van der Waals surface area contributed by atoms with Crippen molar-refractivity contribution in [3.63, 3.8) is 0 Å². The molecule has 0 saturated heterocycles. The van der Waals surface area contributed by atoms with E-state index in [1.807, 2.05) is 60.7 Å². The molecule has 0 bridgehead atoms. The van der Waals surface area contributed by atoms with E-state index in [2.05, 4.69) is 94.2 Å². The van der Waals surface area contributed by atoms with Crippen molar-refractivity contribution in [2.75, 3.05) is 11.4 Å². The number of benzene rings is 5. The Morgan fingerprint density at radius 2 is 1.56 bits per heavy atom. The first-order valence-corrected chi connectivity index (χ1v) is 21.4. The summed E-state index contributed by atoms with van der Waals surface area (Å²) in [5.41, 5.74) is 8.63. The lowest BCUT2D eigenvalue weighted by atomic mass is 10.0. The molecule has 1 aliphatic heterocycles. The van der Waals surface area contributed by atoms with Gasteiger partial charge >= 0.3 is 0 Å². The van der Waals surface area contributed by atoms with Crippen molar-refractivity contribution in [1.29, 1.82) is 0 Å². The first kappa shape index (κ1) is 38.1. The predicted octanol–water partition coefficient (Wildman–Crippen LogP) is 10.9. The average Bonchev–Trinajstić information content (AvgIpc) is 3.71. The average molecular weight is 796 g/mol. The topological polar surface area (TPSA) is 100 Å². The van der Waals surface area contributed by atoms with Gasteiger partial charge in [0.25, 0.3) is 15.1 Å². The predicted molar refractivity (Wildman–Crippen MR) is 221 cm³/mol. The van der Waals surface area contributed by atoms with Crippen LogP contribution in [0.1, 0.15) is 37.3 Å². The highest BCUT2D eigenvalue weighted by molar-refractivity contribution is 8.03.